The molecular formula is C24H27N3O. The number of hydrogen-bond donors (Lipinski definition) is 1. The molecule has 0 saturated carbocycles. The third kappa shape index (κ3) is 4.01. The van der Waals surface area contributed by atoms with Gasteiger partial charge in [-0.15, -0.1) is 0 Å². The van der Waals surface area contributed by atoms with E-state index in [1.807, 2.05) is 48.5 Å². The van der Waals surface area contributed by atoms with Crippen molar-refractivity contribution in [3.63, 3.8) is 0 Å². The highest BCUT2D eigenvalue weighted by molar-refractivity contribution is 6.08. The molecule has 28 heavy (non-hydrogen) atoms. The number of anilines is 2. The summed E-state index contributed by atoms with van der Waals surface area (Å²) in [4.78, 5) is 19.8. The molecule has 1 aliphatic heterocycles. The molecule has 1 amide bonds. The highest BCUT2D eigenvalue weighted by Crippen LogP contribution is 2.29. The summed E-state index contributed by atoms with van der Waals surface area (Å²) in [6.07, 6.45) is 6.70. The van der Waals surface area contributed by atoms with Gasteiger partial charge < -0.3 is 10.2 Å². The lowest BCUT2D eigenvalue weighted by molar-refractivity contribution is 0.102. The predicted octanol–water partition coefficient (Wildman–Crippen LogP) is 5.50. The molecule has 2 heterocycles. The molecule has 0 aliphatic carbocycles. The zero-order chi connectivity index (χ0) is 19.3. The molecule has 3 aromatic rings. The largest absolute Gasteiger partial charge is 0.371 e. The van der Waals surface area contributed by atoms with Crippen LogP contribution in [0.1, 0.15) is 43.0 Å². The van der Waals surface area contributed by atoms with Crippen LogP contribution >= 0.6 is 0 Å². The lowest BCUT2D eigenvalue weighted by atomic mass is 9.92. The van der Waals surface area contributed by atoms with Gasteiger partial charge in [0, 0.05) is 24.2 Å². The highest BCUT2D eigenvalue weighted by atomic mass is 16.1. The molecule has 0 atom stereocenters. The van der Waals surface area contributed by atoms with E-state index in [0.717, 1.165) is 46.8 Å². The third-order valence-corrected chi connectivity index (χ3v) is 5.65. The van der Waals surface area contributed by atoms with Crippen LogP contribution in [0.2, 0.25) is 0 Å². The molecule has 2 aromatic carbocycles. The maximum atomic E-state index is 13.0. The van der Waals surface area contributed by atoms with Crippen LogP contribution in [0.3, 0.4) is 0 Å². The number of pyridine rings is 1. The van der Waals surface area contributed by atoms with Gasteiger partial charge in [0.05, 0.1) is 23.0 Å². The van der Waals surface area contributed by atoms with Crippen molar-refractivity contribution >= 4 is 28.2 Å². The summed E-state index contributed by atoms with van der Waals surface area (Å²) in [5, 5.41) is 4.05. The zero-order valence-electron chi connectivity index (χ0n) is 16.4. The number of para-hydroxylation sites is 2. The number of nitrogens with zero attached hydrogens (tertiary/aromatic N) is 2. The second-order valence-corrected chi connectivity index (χ2v) is 7.61. The Hall–Kier alpha value is -2.88. The second kappa shape index (κ2) is 8.42. The molecular weight excluding hydrogens is 346 g/mol. The van der Waals surface area contributed by atoms with Crippen molar-refractivity contribution in [2.45, 2.75) is 32.6 Å². The summed E-state index contributed by atoms with van der Waals surface area (Å²) in [7, 11) is 0. The van der Waals surface area contributed by atoms with Gasteiger partial charge in [-0.2, -0.15) is 0 Å². The van der Waals surface area contributed by atoms with Crippen molar-refractivity contribution in [3.05, 3.63) is 66.4 Å². The van der Waals surface area contributed by atoms with Gasteiger partial charge in [-0.05, 0) is 43.0 Å². The van der Waals surface area contributed by atoms with Gasteiger partial charge in [-0.3, -0.25) is 9.78 Å². The van der Waals surface area contributed by atoms with Gasteiger partial charge in [0.15, 0.2) is 0 Å². The van der Waals surface area contributed by atoms with Crippen molar-refractivity contribution in [1.82, 2.24) is 4.98 Å². The van der Waals surface area contributed by atoms with E-state index in [0.29, 0.717) is 0 Å². The highest BCUT2D eigenvalue weighted by Gasteiger charge is 2.22. The van der Waals surface area contributed by atoms with Crippen molar-refractivity contribution in [1.29, 1.82) is 0 Å². The van der Waals surface area contributed by atoms with E-state index in [4.69, 9.17) is 0 Å². The number of aromatic nitrogens is 1. The van der Waals surface area contributed by atoms with Gasteiger partial charge in [0.25, 0.3) is 5.91 Å². The Morgan fingerprint density at radius 2 is 1.86 bits per heavy atom. The van der Waals surface area contributed by atoms with Crippen LogP contribution < -0.4 is 10.2 Å². The van der Waals surface area contributed by atoms with E-state index in [1.54, 1.807) is 6.20 Å². The fourth-order valence-electron chi connectivity index (χ4n) is 4.15. The number of fused-ring (bicyclic) bond motifs is 1. The minimum Gasteiger partial charge on any atom is -0.371 e. The van der Waals surface area contributed by atoms with Crippen molar-refractivity contribution in [3.8, 4) is 0 Å². The minimum absolute atomic E-state index is 0.0802. The van der Waals surface area contributed by atoms with E-state index in [9.17, 15) is 4.79 Å². The normalized spacial score (nSPS) is 15.0. The summed E-state index contributed by atoms with van der Waals surface area (Å²) >= 11 is 0. The Bertz CT molecular complexity index is 961. The van der Waals surface area contributed by atoms with Crippen molar-refractivity contribution in [2.24, 2.45) is 5.92 Å². The number of hydrogen-bond acceptors (Lipinski definition) is 3. The van der Waals surface area contributed by atoms with E-state index in [-0.39, 0.29) is 5.91 Å². The Morgan fingerprint density at radius 1 is 1.11 bits per heavy atom. The van der Waals surface area contributed by atoms with Crippen LogP contribution in [-0.4, -0.2) is 24.0 Å². The lowest BCUT2D eigenvalue weighted by Crippen LogP contribution is -2.35. The molecule has 1 saturated heterocycles. The Kier molecular flexibility index (Phi) is 5.56. The van der Waals surface area contributed by atoms with Gasteiger partial charge in [-0.1, -0.05) is 50.1 Å². The van der Waals surface area contributed by atoms with Gasteiger partial charge in [0.2, 0.25) is 0 Å². The molecule has 4 rings (SSSR count). The van der Waals surface area contributed by atoms with Crippen LogP contribution in [0.4, 0.5) is 11.4 Å². The average Bonchev–Trinajstić information content (AvgIpc) is 2.74. The number of amides is 1. The summed E-state index contributed by atoms with van der Waals surface area (Å²) in [5.41, 5.74) is 3.41. The number of carbonyl (C=O) groups is 1. The number of rotatable bonds is 5. The maximum Gasteiger partial charge on any atom is 0.257 e. The zero-order valence-corrected chi connectivity index (χ0v) is 16.4. The van der Waals surface area contributed by atoms with E-state index >= 15 is 0 Å². The molecule has 0 unspecified atom stereocenters. The van der Waals surface area contributed by atoms with Crippen LogP contribution in [0.25, 0.3) is 10.9 Å². The fraction of sp³-hybridized carbons (Fsp3) is 0.333. The number of benzene rings is 2. The summed E-state index contributed by atoms with van der Waals surface area (Å²) < 4.78 is 0. The first-order valence-electron chi connectivity index (χ1n) is 10.2. The van der Waals surface area contributed by atoms with Crippen molar-refractivity contribution < 1.29 is 4.79 Å². The van der Waals surface area contributed by atoms with E-state index in [1.165, 1.54) is 25.7 Å². The Morgan fingerprint density at radius 3 is 2.68 bits per heavy atom. The van der Waals surface area contributed by atoms with Gasteiger partial charge in [-0.25, -0.2) is 0 Å². The molecule has 0 radical (unpaired) electrons. The van der Waals surface area contributed by atoms with E-state index in [2.05, 4.69) is 28.2 Å². The van der Waals surface area contributed by atoms with Crippen LogP contribution in [0.5, 0.6) is 0 Å². The summed E-state index contributed by atoms with van der Waals surface area (Å²) in [6.45, 7) is 4.30. The molecule has 4 heteroatoms. The summed E-state index contributed by atoms with van der Waals surface area (Å²) in [5.74, 6) is 0.745. The molecule has 144 valence electrons. The molecule has 0 spiro atoms. The quantitative estimate of drug-likeness (QED) is 0.642. The van der Waals surface area contributed by atoms with Gasteiger partial charge >= 0.3 is 0 Å². The minimum atomic E-state index is -0.0802. The van der Waals surface area contributed by atoms with Crippen molar-refractivity contribution in [2.75, 3.05) is 23.3 Å². The average molecular weight is 374 g/mol. The smallest absolute Gasteiger partial charge is 0.257 e. The van der Waals surface area contributed by atoms with Crippen LogP contribution in [0.15, 0.2) is 60.8 Å². The molecule has 1 aliphatic rings. The number of nitrogens with one attached hydrogen (secondary N) is 1. The Labute approximate surface area is 166 Å². The second-order valence-electron chi connectivity index (χ2n) is 7.61. The fourth-order valence-corrected chi connectivity index (χ4v) is 4.15. The first-order chi connectivity index (χ1) is 13.7. The molecule has 4 nitrogen and oxygen atoms in total. The SMILES string of the molecule is CCCC1CCN(c2ccccc2C(=O)Nc2cnc3ccccc3c2)CC1. The summed E-state index contributed by atoms with van der Waals surface area (Å²) in [6, 6.07) is 17.8. The third-order valence-electron chi connectivity index (χ3n) is 5.65. The number of carbonyl (C=O) groups excluding carboxylic acids is 1. The van der Waals surface area contributed by atoms with Crippen LogP contribution in [0, 0.1) is 5.92 Å². The number of piperidine rings is 1. The maximum absolute atomic E-state index is 13.0. The first kappa shape index (κ1) is 18.5. The predicted molar refractivity (Wildman–Crippen MR) is 116 cm³/mol. The topological polar surface area (TPSA) is 45.2 Å². The molecule has 0 bridgehead atoms. The molecule has 1 fully saturated rings. The lowest BCUT2D eigenvalue weighted by Gasteiger charge is -2.34. The van der Waals surface area contributed by atoms with Crippen LogP contribution in [-0.2, 0) is 0 Å². The van der Waals surface area contributed by atoms with Gasteiger partial charge in [0.1, 0.15) is 0 Å². The Balaban J connectivity index is 1.51. The molecule has 1 N–H and O–H groups in total. The molecule has 1 aromatic heterocycles. The first-order valence-corrected chi connectivity index (χ1v) is 10.2. The van der Waals surface area contributed by atoms with E-state index < -0.39 is 0 Å². The standard InChI is InChI=1S/C24H27N3O/c1-2-7-18-12-14-27(15-13-18)23-11-6-4-9-21(23)24(28)26-20-16-19-8-3-5-10-22(19)25-17-20/h3-6,8-11,16-18H,2,7,12-15H2,1H3,(H,26,28). The monoisotopic (exact) mass is 373 g/mol.